The molecule has 100 valence electrons. The summed E-state index contributed by atoms with van der Waals surface area (Å²) in [5, 5.41) is 6.01. The van der Waals surface area contributed by atoms with Crippen LogP contribution in [0.2, 0.25) is 0 Å². The molecule has 1 aliphatic heterocycles. The fourth-order valence-electron chi connectivity index (χ4n) is 3.43. The van der Waals surface area contributed by atoms with E-state index in [1.807, 2.05) is 5.51 Å². The fraction of sp³-hybridized carbons (Fsp3) is 0.786. The molecule has 2 fully saturated rings. The summed E-state index contributed by atoms with van der Waals surface area (Å²) in [5.74, 6) is 0. The predicted octanol–water partition coefficient (Wildman–Crippen LogP) is 2.29. The third kappa shape index (κ3) is 2.92. The van der Waals surface area contributed by atoms with Crippen LogP contribution in [0.5, 0.6) is 0 Å². The van der Waals surface area contributed by atoms with Gasteiger partial charge in [0.15, 0.2) is 0 Å². The van der Waals surface area contributed by atoms with E-state index in [9.17, 15) is 0 Å². The normalized spacial score (nSPS) is 24.4. The zero-order valence-corrected chi connectivity index (χ0v) is 11.8. The van der Waals surface area contributed by atoms with E-state index in [1.54, 1.807) is 11.3 Å². The summed E-state index contributed by atoms with van der Waals surface area (Å²) in [6.07, 6.45) is 7.97. The van der Waals surface area contributed by atoms with Crippen LogP contribution in [0.1, 0.15) is 37.8 Å². The SMILES string of the molecule is c1nc(CCN2CCCNC3(CCCC3)C2)cs1. The Hall–Kier alpha value is -0.450. The molecule has 18 heavy (non-hydrogen) atoms. The first-order valence-corrected chi connectivity index (χ1v) is 8.15. The minimum absolute atomic E-state index is 0.443. The molecule has 0 aromatic carbocycles. The number of nitrogens with zero attached hydrogens (tertiary/aromatic N) is 2. The Morgan fingerprint density at radius 2 is 2.22 bits per heavy atom. The van der Waals surface area contributed by atoms with Crippen molar-refractivity contribution >= 4 is 11.3 Å². The summed E-state index contributed by atoms with van der Waals surface area (Å²) in [7, 11) is 0. The molecule has 1 saturated heterocycles. The monoisotopic (exact) mass is 265 g/mol. The van der Waals surface area contributed by atoms with Gasteiger partial charge in [-0.1, -0.05) is 12.8 Å². The molecule has 0 amide bonds. The Morgan fingerprint density at radius 3 is 3.00 bits per heavy atom. The van der Waals surface area contributed by atoms with Gasteiger partial charge >= 0.3 is 0 Å². The van der Waals surface area contributed by atoms with E-state index in [4.69, 9.17) is 0 Å². The van der Waals surface area contributed by atoms with E-state index in [0.29, 0.717) is 5.54 Å². The van der Waals surface area contributed by atoms with Crippen LogP contribution >= 0.6 is 11.3 Å². The van der Waals surface area contributed by atoms with Crippen LogP contribution in [0.15, 0.2) is 10.9 Å². The predicted molar refractivity (Wildman–Crippen MR) is 76.1 cm³/mol. The molecule has 3 rings (SSSR count). The van der Waals surface area contributed by atoms with E-state index in [0.717, 1.165) is 6.42 Å². The standard InChI is InChI=1S/C14H23N3S/c1-2-6-14(5-1)11-17(8-3-7-16-14)9-4-13-10-18-12-15-13/h10,12,16H,1-9,11H2. The van der Waals surface area contributed by atoms with Crippen LogP contribution in [-0.4, -0.2) is 41.6 Å². The van der Waals surface area contributed by atoms with Crippen LogP contribution < -0.4 is 5.32 Å². The van der Waals surface area contributed by atoms with Crippen LogP contribution in [0, 0.1) is 0 Å². The third-order valence-electron chi connectivity index (χ3n) is 4.41. The summed E-state index contributed by atoms with van der Waals surface area (Å²) in [6, 6.07) is 0. The van der Waals surface area contributed by atoms with Gasteiger partial charge < -0.3 is 10.2 Å². The maximum absolute atomic E-state index is 4.39. The van der Waals surface area contributed by atoms with Crippen molar-refractivity contribution < 1.29 is 0 Å². The second-order valence-electron chi connectivity index (χ2n) is 5.77. The van der Waals surface area contributed by atoms with E-state index in [2.05, 4.69) is 20.6 Å². The Labute approximate surface area is 114 Å². The number of aromatic nitrogens is 1. The lowest BCUT2D eigenvalue weighted by Gasteiger charge is -2.33. The topological polar surface area (TPSA) is 28.2 Å². The van der Waals surface area contributed by atoms with Gasteiger partial charge in [-0.05, 0) is 32.4 Å². The Balaban J connectivity index is 1.57. The third-order valence-corrected chi connectivity index (χ3v) is 5.04. The largest absolute Gasteiger partial charge is 0.310 e. The Bertz CT molecular complexity index is 357. The quantitative estimate of drug-likeness (QED) is 0.909. The summed E-state index contributed by atoms with van der Waals surface area (Å²) in [6.45, 7) is 4.87. The number of thiazole rings is 1. The number of hydrogen-bond acceptors (Lipinski definition) is 4. The Morgan fingerprint density at radius 1 is 1.33 bits per heavy atom. The van der Waals surface area contributed by atoms with Crippen molar-refractivity contribution in [2.45, 2.75) is 44.1 Å². The summed E-state index contributed by atoms with van der Waals surface area (Å²) < 4.78 is 0. The van der Waals surface area contributed by atoms with Crippen molar-refractivity contribution in [3.05, 3.63) is 16.6 Å². The van der Waals surface area contributed by atoms with Gasteiger partial charge in [-0.15, -0.1) is 11.3 Å². The first kappa shape index (κ1) is 12.6. The van der Waals surface area contributed by atoms with Gasteiger partial charge in [0.2, 0.25) is 0 Å². The molecule has 2 aliphatic rings. The number of rotatable bonds is 3. The second-order valence-corrected chi connectivity index (χ2v) is 6.49. The minimum Gasteiger partial charge on any atom is -0.310 e. The van der Waals surface area contributed by atoms with E-state index < -0.39 is 0 Å². The average Bonchev–Trinajstić information content (AvgIpc) is 2.99. The van der Waals surface area contributed by atoms with Crippen LogP contribution in [-0.2, 0) is 6.42 Å². The van der Waals surface area contributed by atoms with Gasteiger partial charge in [-0.2, -0.15) is 0 Å². The van der Waals surface area contributed by atoms with Crippen molar-refractivity contribution in [3.63, 3.8) is 0 Å². The fourth-order valence-corrected chi connectivity index (χ4v) is 4.02. The molecule has 0 bridgehead atoms. The van der Waals surface area contributed by atoms with Crippen molar-refractivity contribution in [3.8, 4) is 0 Å². The molecule has 1 N–H and O–H groups in total. The maximum atomic E-state index is 4.39. The lowest BCUT2D eigenvalue weighted by molar-refractivity contribution is 0.211. The highest BCUT2D eigenvalue weighted by molar-refractivity contribution is 7.07. The zero-order chi connectivity index (χ0) is 12.3. The van der Waals surface area contributed by atoms with E-state index in [-0.39, 0.29) is 0 Å². The van der Waals surface area contributed by atoms with E-state index in [1.165, 1.54) is 64.0 Å². The highest BCUT2D eigenvalue weighted by Crippen LogP contribution is 2.31. The molecule has 1 aromatic rings. The molecule has 3 nitrogen and oxygen atoms in total. The zero-order valence-electron chi connectivity index (χ0n) is 11.0. The van der Waals surface area contributed by atoms with Crippen molar-refractivity contribution in [2.75, 3.05) is 26.2 Å². The molecular formula is C14H23N3S. The van der Waals surface area contributed by atoms with Gasteiger partial charge in [0.05, 0.1) is 11.2 Å². The Kier molecular flexibility index (Phi) is 3.97. The van der Waals surface area contributed by atoms with Gasteiger partial charge in [0, 0.05) is 30.4 Å². The minimum atomic E-state index is 0.443. The molecule has 1 spiro atoms. The molecule has 1 aromatic heterocycles. The molecule has 1 aliphatic carbocycles. The molecule has 2 heterocycles. The van der Waals surface area contributed by atoms with Crippen LogP contribution in [0.4, 0.5) is 0 Å². The molecule has 0 radical (unpaired) electrons. The second kappa shape index (κ2) is 5.68. The number of nitrogens with one attached hydrogen (secondary N) is 1. The van der Waals surface area contributed by atoms with Crippen LogP contribution in [0.25, 0.3) is 0 Å². The molecule has 4 heteroatoms. The molecular weight excluding hydrogens is 242 g/mol. The molecule has 1 saturated carbocycles. The van der Waals surface area contributed by atoms with Gasteiger partial charge in [-0.25, -0.2) is 4.98 Å². The van der Waals surface area contributed by atoms with Gasteiger partial charge in [0.25, 0.3) is 0 Å². The van der Waals surface area contributed by atoms with Gasteiger partial charge in [0.1, 0.15) is 0 Å². The van der Waals surface area contributed by atoms with Crippen molar-refractivity contribution in [2.24, 2.45) is 0 Å². The van der Waals surface area contributed by atoms with Crippen LogP contribution in [0.3, 0.4) is 0 Å². The van der Waals surface area contributed by atoms with Gasteiger partial charge in [-0.3, -0.25) is 0 Å². The molecule has 0 unspecified atom stereocenters. The van der Waals surface area contributed by atoms with Crippen molar-refractivity contribution in [1.29, 1.82) is 0 Å². The highest BCUT2D eigenvalue weighted by atomic mass is 32.1. The van der Waals surface area contributed by atoms with Crippen molar-refractivity contribution in [1.82, 2.24) is 15.2 Å². The average molecular weight is 265 g/mol. The first-order valence-electron chi connectivity index (χ1n) is 7.21. The lowest BCUT2D eigenvalue weighted by atomic mass is 9.97. The summed E-state index contributed by atoms with van der Waals surface area (Å²) >= 11 is 1.71. The first-order chi connectivity index (χ1) is 8.86. The lowest BCUT2D eigenvalue weighted by Crippen LogP contribution is -2.49. The highest BCUT2D eigenvalue weighted by Gasteiger charge is 2.36. The maximum Gasteiger partial charge on any atom is 0.0794 e. The smallest absolute Gasteiger partial charge is 0.0794 e. The summed E-state index contributed by atoms with van der Waals surface area (Å²) in [5.41, 5.74) is 3.65. The summed E-state index contributed by atoms with van der Waals surface area (Å²) in [4.78, 5) is 7.05. The van der Waals surface area contributed by atoms with E-state index >= 15 is 0 Å². The molecule has 0 atom stereocenters. The number of hydrogen-bond donors (Lipinski definition) is 1.